The van der Waals surface area contributed by atoms with Gasteiger partial charge in [0.05, 0.1) is 69.8 Å². The first kappa shape index (κ1) is 55.3. The van der Waals surface area contributed by atoms with Crippen molar-refractivity contribution in [3.63, 3.8) is 0 Å². The Labute approximate surface area is 403 Å². The third-order valence-corrected chi connectivity index (χ3v) is 11.3. The Bertz CT molecular complexity index is 2020. The summed E-state index contributed by atoms with van der Waals surface area (Å²) >= 11 is 0. The molecule has 3 aromatic rings. The summed E-state index contributed by atoms with van der Waals surface area (Å²) in [6, 6.07) is -2.57. The number of aliphatic carboxylic acids is 1. The van der Waals surface area contributed by atoms with Crippen molar-refractivity contribution in [3.8, 4) is 12.3 Å². The summed E-state index contributed by atoms with van der Waals surface area (Å²) in [4.78, 5) is 61.6. The average molecular weight is 976 g/mol. The zero-order chi connectivity index (χ0) is 48.1. The molecule has 378 valence electrons. The Morgan fingerprint density at radius 2 is 1.28 bits per heavy atom. The van der Waals surface area contributed by atoms with Crippen molar-refractivity contribution in [3.05, 3.63) is 23.8 Å². The molecular weight excluding hydrogens is 906 g/mol. The maximum absolute atomic E-state index is 14.2. The van der Waals surface area contributed by atoms with Gasteiger partial charge in [0.25, 0.3) is 0 Å². The zero-order valence-electron chi connectivity index (χ0n) is 39.1. The summed E-state index contributed by atoms with van der Waals surface area (Å²) in [7, 11) is 0. The van der Waals surface area contributed by atoms with Gasteiger partial charge in [-0.25, -0.2) is 9.36 Å². The van der Waals surface area contributed by atoms with E-state index in [1.54, 1.807) is 15.8 Å². The van der Waals surface area contributed by atoms with Crippen molar-refractivity contribution < 1.29 is 51.2 Å². The van der Waals surface area contributed by atoms with Crippen LogP contribution in [0.3, 0.4) is 0 Å². The van der Waals surface area contributed by atoms with Crippen molar-refractivity contribution in [1.29, 1.82) is 0 Å². The van der Waals surface area contributed by atoms with Crippen molar-refractivity contribution >= 4 is 35.6 Å². The van der Waals surface area contributed by atoms with Gasteiger partial charge < -0.3 is 78.9 Å². The summed E-state index contributed by atoms with van der Waals surface area (Å²) in [6.07, 6.45) is 11.0. The van der Waals surface area contributed by atoms with Crippen LogP contribution in [0.25, 0.3) is 0 Å². The number of hydrogen-bond donors (Lipinski definition) is 6. The number of unbranched alkanes of at least 4 members (excludes halogenated alkanes) is 1. The van der Waals surface area contributed by atoms with Crippen molar-refractivity contribution in [1.82, 2.24) is 54.7 Å². The smallest absolute Gasteiger partial charge is 0.303 e. The number of carbonyl (C=O) groups excluding carboxylic acids is 2. The predicted molar refractivity (Wildman–Crippen MR) is 245 cm³/mol. The van der Waals surface area contributed by atoms with Crippen LogP contribution >= 0.6 is 0 Å². The highest BCUT2D eigenvalue weighted by Crippen LogP contribution is 2.25. The van der Waals surface area contributed by atoms with Crippen molar-refractivity contribution in [2.24, 2.45) is 23.1 Å². The van der Waals surface area contributed by atoms with E-state index in [0.29, 0.717) is 134 Å². The summed E-state index contributed by atoms with van der Waals surface area (Å²) in [5.74, 6) is 2.53. The van der Waals surface area contributed by atoms with Gasteiger partial charge in [0, 0.05) is 65.3 Å². The molecule has 0 saturated carbocycles. The molecule has 2 saturated heterocycles. The van der Waals surface area contributed by atoms with Crippen LogP contribution in [0, 0.1) is 18.3 Å². The number of aliphatic hydroxyl groups excluding tert-OH is 1. The lowest BCUT2D eigenvalue weighted by molar-refractivity contribution is -0.139. The summed E-state index contributed by atoms with van der Waals surface area (Å²) in [5, 5.41) is 38.9. The largest absolute Gasteiger partial charge is 1.00 e. The van der Waals surface area contributed by atoms with Crippen molar-refractivity contribution in [2.75, 3.05) is 127 Å². The quantitative estimate of drug-likeness (QED) is 0.0285. The first-order chi connectivity index (χ1) is 32.4. The number of halogens is 1. The van der Waals surface area contributed by atoms with Gasteiger partial charge in [0.1, 0.15) is 24.4 Å². The number of terminal acetylenes is 1. The summed E-state index contributed by atoms with van der Waals surface area (Å²) < 4.78 is 19.4. The van der Waals surface area contributed by atoms with Gasteiger partial charge in [-0.05, 0) is 44.6 Å². The Hall–Kier alpha value is -5.33. The Balaban J connectivity index is 0.0000101. The molecule has 0 spiro atoms. The lowest BCUT2D eigenvalue weighted by Crippen LogP contribution is -3.00. The number of carboxylic acids is 1. The van der Waals surface area contributed by atoms with Crippen LogP contribution in [0.4, 0.5) is 17.8 Å². The van der Waals surface area contributed by atoms with Gasteiger partial charge in [-0.1, -0.05) is 30.2 Å². The first-order valence-electron chi connectivity index (χ1n) is 23.0. The molecule has 0 bridgehead atoms. The van der Waals surface area contributed by atoms with Crippen LogP contribution in [0.5, 0.6) is 0 Å². The topological polar surface area (TPSA) is 322 Å². The number of aromatic nitrogens is 9. The van der Waals surface area contributed by atoms with E-state index in [4.69, 9.17) is 52.8 Å². The van der Waals surface area contributed by atoms with E-state index in [0.717, 1.165) is 19.3 Å². The number of piperazine rings is 2. The third kappa shape index (κ3) is 16.7. The molecule has 2 unspecified atom stereocenters. The Morgan fingerprint density at radius 1 is 0.765 bits per heavy atom. The number of hydrogen-bond acceptors (Lipinski definition) is 20. The minimum atomic E-state index is -1.05. The third-order valence-electron chi connectivity index (χ3n) is 11.3. The minimum absolute atomic E-state index is 0. The second-order valence-corrected chi connectivity index (χ2v) is 16.8. The average Bonchev–Trinajstić information content (AvgIpc) is 4.03. The number of anilines is 3. The highest BCUT2D eigenvalue weighted by atomic mass is 35.5. The second-order valence-electron chi connectivity index (χ2n) is 16.8. The van der Waals surface area contributed by atoms with E-state index in [2.05, 4.69) is 45.7 Å². The van der Waals surface area contributed by atoms with Gasteiger partial charge in [0.15, 0.2) is 0 Å². The van der Waals surface area contributed by atoms with Gasteiger partial charge in [-0.3, -0.25) is 14.4 Å². The molecule has 2 amide bonds. The number of carbonyl (C=O) groups is 3. The molecule has 4 atom stereocenters. The Morgan fingerprint density at radius 3 is 1.78 bits per heavy atom. The van der Waals surface area contributed by atoms with E-state index in [-0.39, 0.29) is 62.0 Å². The van der Waals surface area contributed by atoms with Crippen LogP contribution in [-0.2, 0) is 28.6 Å². The highest BCUT2D eigenvalue weighted by Gasteiger charge is 2.34. The normalized spacial score (nSPS) is 16.0. The van der Waals surface area contributed by atoms with E-state index < -0.39 is 24.1 Å². The van der Waals surface area contributed by atoms with Crippen LogP contribution < -0.4 is 44.7 Å². The lowest BCUT2D eigenvalue weighted by atomic mass is 10.0. The fourth-order valence-electron chi connectivity index (χ4n) is 7.62. The number of aliphatic hydroxyl groups is 1. The number of nitrogens with two attached hydrogens (primary N) is 3. The fraction of sp³-hybridized carbons (Fsp3) is 0.714. The summed E-state index contributed by atoms with van der Waals surface area (Å²) in [6.45, 7) is 9.97. The van der Waals surface area contributed by atoms with E-state index in [9.17, 15) is 24.6 Å². The molecule has 2 aliphatic heterocycles. The minimum Gasteiger partial charge on any atom is -1.00 e. The number of rotatable bonds is 29. The van der Waals surface area contributed by atoms with Gasteiger partial charge >= 0.3 is 5.97 Å². The summed E-state index contributed by atoms with van der Waals surface area (Å²) in [5.41, 5.74) is 19.1. The monoisotopic (exact) mass is 975 g/mol. The molecule has 0 radical (unpaired) electrons. The molecular formula is C42H69ClN17O8-. The molecule has 9 N–H and O–H groups in total. The molecule has 2 fully saturated rings. The van der Waals surface area contributed by atoms with Gasteiger partial charge in [-0.15, -0.1) is 16.6 Å². The van der Waals surface area contributed by atoms with Crippen LogP contribution in [0.1, 0.15) is 87.9 Å². The van der Waals surface area contributed by atoms with E-state index >= 15 is 0 Å². The maximum atomic E-state index is 14.2. The maximum Gasteiger partial charge on any atom is 0.303 e. The molecule has 26 heteroatoms. The first-order valence-corrected chi connectivity index (χ1v) is 23.0. The SMILES string of the molecule is C#CCOCCOCCOCCNc1nc(N2CCN(C(=O)[C@H](CCC(=O)O)n3cc(C(N)CO)nn3)CC2)nc(N2CCN(C(=O)[C@H](CCCCN)n3cc(C(N)CC(C)C)nn3)CC2)n1.[Cl-]. The number of amides is 2. The Kier molecular flexibility index (Phi) is 23.5. The molecule has 68 heavy (non-hydrogen) atoms. The van der Waals surface area contributed by atoms with Crippen molar-refractivity contribution in [2.45, 2.75) is 76.5 Å². The predicted octanol–water partition coefficient (Wildman–Crippen LogP) is -4.03. The molecule has 5 heterocycles. The molecule has 2 aliphatic rings. The van der Waals surface area contributed by atoms with Gasteiger partial charge in [0.2, 0.25) is 29.7 Å². The van der Waals surface area contributed by atoms with Crippen LogP contribution in [0.15, 0.2) is 12.4 Å². The van der Waals surface area contributed by atoms with E-state index in [1.165, 1.54) is 10.9 Å². The number of ether oxygens (including phenoxy) is 3. The fourth-order valence-corrected chi connectivity index (χ4v) is 7.62. The number of carboxylic acid groups (broad SMARTS) is 1. The van der Waals surface area contributed by atoms with Crippen LogP contribution in [0.2, 0.25) is 0 Å². The lowest BCUT2D eigenvalue weighted by Gasteiger charge is -2.38. The molecule has 3 aromatic heterocycles. The molecule has 5 rings (SSSR count). The highest BCUT2D eigenvalue weighted by molar-refractivity contribution is 5.81. The zero-order valence-corrected chi connectivity index (χ0v) is 39.9. The van der Waals surface area contributed by atoms with E-state index in [1.807, 2.05) is 14.7 Å². The number of nitrogens with zero attached hydrogens (tertiary/aromatic N) is 13. The molecule has 0 aliphatic carbocycles. The standard InChI is InChI=1S/C42H69N17O8.ClH/c1-4-20-65-22-24-67-25-23-66-21-11-46-40-47-41(56-16-12-54(13-17-56)38(63)35(7-5-6-10-43)58-27-33(50-52-58)31(44)26-30(2)3)49-42(48-40)57-18-14-55(15-19-57)39(64)36(8-9-37(61)62)59-28-34(51-53-59)32(45)29-60;/h1,27-28,30-32,35-36,60H,5-26,29,43-45H2,2-3H3,(H,61,62)(H,46,47,48,49);1H/p-1/t31?,32?,35-,36-;/m0./s1. The van der Waals surface area contributed by atoms with Gasteiger partial charge in [-0.2, -0.15) is 15.0 Å². The molecule has 25 nitrogen and oxygen atoms in total. The number of nitrogens with one attached hydrogen (secondary N) is 1. The van der Waals surface area contributed by atoms with Crippen LogP contribution in [-0.4, -0.2) is 194 Å². The molecule has 0 aromatic carbocycles. The second kappa shape index (κ2) is 28.9.